The standard InChI is InChI=1S/C21H20FN3O4/c22-15-7-14-16(25(13-4-5-13)10-18(19(14)26)29-20(27)28)8-17(15)24-9-12-3-1-2-6-21(12,23)11-24/h1-3,6-8,10,12-13H,4-5,9,11,23H2,(H,27,28). The number of carbonyl (C=O) groups is 1. The summed E-state index contributed by atoms with van der Waals surface area (Å²) in [5.74, 6) is -0.772. The van der Waals surface area contributed by atoms with E-state index in [-0.39, 0.29) is 23.1 Å². The van der Waals surface area contributed by atoms with Crippen LogP contribution in [-0.2, 0) is 0 Å². The monoisotopic (exact) mass is 397 g/mol. The van der Waals surface area contributed by atoms with Crippen LogP contribution in [-0.4, -0.2) is 34.5 Å². The van der Waals surface area contributed by atoms with Crippen LogP contribution in [0.3, 0.4) is 0 Å². The number of ether oxygens (including phenoxy) is 1. The number of benzene rings is 1. The predicted octanol–water partition coefficient (Wildman–Crippen LogP) is 2.79. The van der Waals surface area contributed by atoms with E-state index in [1.165, 1.54) is 12.3 Å². The molecule has 1 saturated heterocycles. The highest BCUT2D eigenvalue weighted by Gasteiger charge is 2.42. The number of anilines is 1. The number of halogens is 1. The summed E-state index contributed by atoms with van der Waals surface area (Å²) in [4.78, 5) is 25.5. The van der Waals surface area contributed by atoms with Crippen LogP contribution in [0.25, 0.3) is 10.9 Å². The average molecular weight is 397 g/mol. The molecule has 2 aromatic rings. The molecule has 8 heteroatoms. The molecule has 1 aliphatic heterocycles. The van der Waals surface area contributed by atoms with Crippen LogP contribution in [0.5, 0.6) is 5.75 Å². The number of rotatable bonds is 3. The van der Waals surface area contributed by atoms with Crippen LogP contribution >= 0.6 is 0 Å². The van der Waals surface area contributed by atoms with Gasteiger partial charge in [-0.3, -0.25) is 4.79 Å². The van der Waals surface area contributed by atoms with Crippen LogP contribution in [0.2, 0.25) is 0 Å². The van der Waals surface area contributed by atoms with Gasteiger partial charge in [0.15, 0.2) is 5.75 Å². The van der Waals surface area contributed by atoms with Crippen molar-refractivity contribution in [1.29, 1.82) is 0 Å². The summed E-state index contributed by atoms with van der Waals surface area (Å²) in [6, 6.07) is 2.99. The average Bonchev–Trinajstić information content (AvgIpc) is 3.44. The molecular formula is C21H20FN3O4. The van der Waals surface area contributed by atoms with Gasteiger partial charge in [0.25, 0.3) is 0 Å². The van der Waals surface area contributed by atoms with Crippen molar-refractivity contribution in [2.75, 3.05) is 18.0 Å². The summed E-state index contributed by atoms with van der Waals surface area (Å²) in [5.41, 5.74) is 6.27. The Bertz CT molecular complexity index is 1150. The van der Waals surface area contributed by atoms with Gasteiger partial charge in [-0.05, 0) is 25.0 Å². The zero-order valence-corrected chi connectivity index (χ0v) is 15.5. The molecule has 1 aromatic heterocycles. The van der Waals surface area contributed by atoms with Crippen molar-refractivity contribution in [1.82, 2.24) is 4.57 Å². The Balaban J connectivity index is 1.64. The summed E-state index contributed by atoms with van der Waals surface area (Å²) >= 11 is 0. The first-order valence-corrected chi connectivity index (χ1v) is 9.55. The molecule has 7 nitrogen and oxygen atoms in total. The fourth-order valence-electron chi connectivity index (χ4n) is 4.35. The molecule has 29 heavy (non-hydrogen) atoms. The fourth-order valence-corrected chi connectivity index (χ4v) is 4.35. The third-order valence-electron chi connectivity index (χ3n) is 5.98. The SMILES string of the molecule is NC12C=CC=CC1CN(c1cc3c(cc1F)c(=O)c(OC(=O)O)cn3C1CC1)C2. The first-order chi connectivity index (χ1) is 13.9. The maximum Gasteiger partial charge on any atom is 0.511 e. The second-order valence-corrected chi connectivity index (χ2v) is 7.99. The molecule has 0 radical (unpaired) electrons. The Labute approximate surface area is 165 Å². The van der Waals surface area contributed by atoms with E-state index in [0.717, 1.165) is 12.8 Å². The number of aromatic nitrogens is 1. The van der Waals surface area contributed by atoms with E-state index in [4.69, 9.17) is 10.8 Å². The lowest BCUT2D eigenvalue weighted by molar-refractivity contribution is 0.143. The number of hydrogen-bond acceptors (Lipinski definition) is 5. The van der Waals surface area contributed by atoms with Crippen molar-refractivity contribution in [3.8, 4) is 5.75 Å². The molecule has 2 aliphatic carbocycles. The van der Waals surface area contributed by atoms with Crippen molar-refractivity contribution < 1.29 is 19.0 Å². The van der Waals surface area contributed by atoms with Gasteiger partial charge in [0.1, 0.15) is 5.82 Å². The Morgan fingerprint density at radius 3 is 2.79 bits per heavy atom. The normalized spacial score (nSPS) is 25.4. The molecule has 3 N–H and O–H groups in total. The molecular weight excluding hydrogens is 377 g/mol. The first kappa shape index (κ1) is 17.9. The number of nitrogens with two attached hydrogens (primary N) is 1. The van der Waals surface area contributed by atoms with Gasteiger partial charge in [-0.2, -0.15) is 0 Å². The van der Waals surface area contributed by atoms with Gasteiger partial charge in [-0.1, -0.05) is 24.3 Å². The highest BCUT2D eigenvalue weighted by molar-refractivity contribution is 5.85. The number of fused-ring (bicyclic) bond motifs is 2. The molecule has 150 valence electrons. The summed E-state index contributed by atoms with van der Waals surface area (Å²) < 4.78 is 21.5. The zero-order chi connectivity index (χ0) is 20.3. The van der Waals surface area contributed by atoms with Gasteiger partial charge in [0.2, 0.25) is 5.43 Å². The van der Waals surface area contributed by atoms with E-state index in [2.05, 4.69) is 4.74 Å². The maximum absolute atomic E-state index is 15.1. The summed E-state index contributed by atoms with van der Waals surface area (Å²) in [6.07, 6.45) is 9.50. The molecule has 2 unspecified atom stereocenters. The van der Waals surface area contributed by atoms with Crippen molar-refractivity contribution in [2.45, 2.75) is 24.4 Å². The van der Waals surface area contributed by atoms with Crippen LogP contribution in [0.4, 0.5) is 14.9 Å². The lowest BCUT2D eigenvalue weighted by Gasteiger charge is -2.26. The molecule has 5 rings (SSSR count). The lowest BCUT2D eigenvalue weighted by atomic mass is 9.85. The van der Waals surface area contributed by atoms with Crippen molar-refractivity contribution in [3.63, 3.8) is 0 Å². The van der Waals surface area contributed by atoms with Crippen LogP contribution in [0.1, 0.15) is 18.9 Å². The molecule has 2 fully saturated rings. The molecule has 0 amide bonds. The number of carboxylic acid groups (broad SMARTS) is 1. The van der Waals surface area contributed by atoms with Gasteiger partial charge in [-0.15, -0.1) is 0 Å². The third-order valence-corrected chi connectivity index (χ3v) is 5.98. The fraction of sp³-hybridized carbons (Fsp3) is 0.333. The van der Waals surface area contributed by atoms with Crippen molar-refractivity contribution >= 4 is 22.7 Å². The second kappa shape index (κ2) is 6.18. The van der Waals surface area contributed by atoms with E-state index in [1.807, 2.05) is 33.8 Å². The number of pyridine rings is 1. The van der Waals surface area contributed by atoms with Crippen LogP contribution < -0.4 is 20.8 Å². The van der Waals surface area contributed by atoms with Crippen LogP contribution in [0, 0.1) is 11.7 Å². The van der Waals surface area contributed by atoms with Crippen LogP contribution in [0.15, 0.2) is 47.4 Å². The molecule has 1 aromatic carbocycles. The van der Waals surface area contributed by atoms with E-state index in [0.29, 0.717) is 24.3 Å². The molecule has 0 bridgehead atoms. The minimum Gasteiger partial charge on any atom is -0.449 e. The third kappa shape index (κ3) is 2.91. The van der Waals surface area contributed by atoms with Gasteiger partial charge in [-0.25, -0.2) is 9.18 Å². The van der Waals surface area contributed by atoms with Gasteiger partial charge < -0.3 is 25.0 Å². The number of allylic oxidation sites excluding steroid dienone is 2. The zero-order valence-electron chi connectivity index (χ0n) is 15.5. The Hall–Kier alpha value is -3.13. The first-order valence-electron chi connectivity index (χ1n) is 9.55. The van der Waals surface area contributed by atoms with Gasteiger partial charge in [0.05, 0.1) is 28.3 Å². The summed E-state index contributed by atoms with van der Waals surface area (Å²) in [7, 11) is 0. The van der Waals surface area contributed by atoms with Crippen molar-refractivity contribution in [3.05, 3.63) is 58.7 Å². The molecule has 3 aliphatic rings. The second-order valence-electron chi connectivity index (χ2n) is 7.99. The molecule has 2 atom stereocenters. The summed E-state index contributed by atoms with van der Waals surface area (Å²) in [5, 5.41) is 9.01. The van der Waals surface area contributed by atoms with Gasteiger partial charge in [0, 0.05) is 25.0 Å². The van der Waals surface area contributed by atoms with E-state index in [1.54, 1.807) is 6.07 Å². The minimum absolute atomic E-state index is 0.0829. The van der Waals surface area contributed by atoms with E-state index >= 15 is 4.39 Å². The Morgan fingerprint density at radius 2 is 2.10 bits per heavy atom. The molecule has 2 heterocycles. The van der Waals surface area contributed by atoms with Gasteiger partial charge >= 0.3 is 6.16 Å². The minimum atomic E-state index is -1.57. The highest BCUT2D eigenvalue weighted by Crippen LogP contribution is 2.40. The Kier molecular flexibility index (Phi) is 3.82. The number of nitrogens with zero attached hydrogens (tertiary/aromatic N) is 2. The number of hydrogen-bond donors (Lipinski definition) is 2. The van der Waals surface area contributed by atoms with Crippen molar-refractivity contribution in [2.24, 2.45) is 11.7 Å². The summed E-state index contributed by atoms with van der Waals surface area (Å²) in [6.45, 7) is 1.04. The largest absolute Gasteiger partial charge is 0.511 e. The lowest BCUT2D eigenvalue weighted by Crippen LogP contribution is -2.46. The smallest absolute Gasteiger partial charge is 0.449 e. The quantitative estimate of drug-likeness (QED) is 0.773. The maximum atomic E-state index is 15.1. The Morgan fingerprint density at radius 1 is 1.31 bits per heavy atom. The topological polar surface area (TPSA) is 97.8 Å². The molecule has 1 saturated carbocycles. The van der Waals surface area contributed by atoms with E-state index < -0.39 is 22.9 Å². The predicted molar refractivity (Wildman–Crippen MR) is 106 cm³/mol. The highest BCUT2D eigenvalue weighted by atomic mass is 19.1. The van der Waals surface area contributed by atoms with E-state index in [9.17, 15) is 9.59 Å². The molecule has 0 spiro atoms.